The van der Waals surface area contributed by atoms with E-state index in [1.54, 1.807) is 7.11 Å². The summed E-state index contributed by atoms with van der Waals surface area (Å²) in [6.45, 7) is 13.0. The second kappa shape index (κ2) is 7.64. The first kappa shape index (κ1) is 21.4. The Morgan fingerprint density at radius 2 is 1.56 bits per heavy atom. The van der Waals surface area contributed by atoms with Crippen LogP contribution in [0.25, 0.3) is 10.8 Å². The lowest BCUT2D eigenvalue weighted by Crippen LogP contribution is -2.48. The molecule has 0 aliphatic carbocycles. The third-order valence-corrected chi connectivity index (χ3v) is 10.2. The maximum atomic E-state index is 12.2. The molecule has 27 heavy (non-hydrogen) atoms. The van der Waals surface area contributed by atoms with Gasteiger partial charge in [0.25, 0.3) is 0 Å². The summed E-state index contributed by atoms with van der Waals surface area (Å²) in [6.07, 6.45) is 0.178. The van der Waals surface area contributed by atoms with Crippen molar-refractivity contribution in [1.82, 2.24) is 0 Å². The molecule has 0 spiro atoms. The summed E-state index contributed by atoms with van der Waals surface area (Å²) in [5.74, 6) is 0.552. The molecule has 0 fully saturated rings. The highest BCUT2D eigenvalue weighted by Gasteiger charge is 2.44. The highest BCUT2D eigenvalue weighted by atomic mass is 28.4. The Labute approximate surface area is 163 Å². The van der Waals surface area contributed by atoms with Crippen molar-refractivity contribution in [2.75, 3.05) is 14.2 Å². The second-order valence-electron chi connectivity index (χ2n) is 8.77. The molecule has 0 saturated carbocycles. The highest BCUT2D eigenvalue weighted by molar-refractivity contribution is 6.74. The Bertz CT molecular complexity index is 823. The van der Waals surface area contributed by atoms with Gasteiger partial charge in [0.15, 0.2) is 8.32 Å². The molecular weight excluding hydrogens is 356 g/mol. The van der Waals surface area contributed by atoms with E-state index < -0.39 is 13.9 Å². The van der Waals surface area contributed by atoms with Crippen LogP contribution in [0, 0.1) is 0 Å². The number of methoxy groups -OCH3 is 2. The maximum Gasteiger partial charge on any atom is 0.308 e. The topological polar surface area (TPSA) is 44.8 Å². The summed E-state index contributed by atoms with van der Waals surface area (Å²) < 4.78 is 17.0. The fraction of sp³-hybridized carbons (Fsp3) is 0.500. The van der Waals surface area contributed by atoms with Gasteiger partial charge in [-0.3, -0.25) is 4.79 Å². The van der Waals surface area contributed by atoms with Crippen LogP contribution >= 0.6 is 0 Å². The van der Waals surface area contributed by atoms with Crippen LogP contribution in [0.1, 0.15) is 39.7 Å². The fourth-order valence-corrected chi connectivity index (χ4v) is 4.56. The quantitative estimate of drug-likeness (QED) is 0.474. The van der Waals surface area contributed by atoms with Gasteiger partial charge >= 0.3 is 5.97 Å². The SMILES string of the molecule is COC(=O)C[C@](C)(O[Si](C)(C)C(C)(C)C)c1ccc2cc(OC)ccc2c1. The number of carbonyl (C=O) groups excluding carboxylic acids is 1. The molecule has 0 aliphatic heterocycles. The average Bonchev–Trinajstić information content (AvgIpc) is 2.59. The zero-order valence-electron chi connectivity index (χ0n) is 17.8. The summed E-state index contributed by atoms with van der Waals surface area (Å²) in [6, 6.07) is 12.2. The second-order valence-corrected chi connectivity index (χ2v) is 13.5. The van der Waals surface area contributed by atoms with Crippen molar-refractivity contribution in [2.24, 2.45) is 0 Å². The Morgan fingerprint density at radius 3 is 2.11 bits per heavy atom. The van der Waals surface area contributed by atoms with Crippen molar-refractivity contribution in [1.29, 1.82) is 0 Å². The molecule has 2 rings (SSSR count). The predicted octanol–water partition coefficient (Wildman–Crippen LogP) is 5.65. The number of rotatable bonds is 6. The molecule has 148 valence electrons. The first-order chi connectivity index (χ1) is 12.4. The van der Waals surface area contributed by atoms with Crippen LogP contribution < -0.4 is 4.74 Å². The van der Waals surface area contributed by atoms with E-state index >= 15 is 0 Å². The number of benzene rings is 2. The van der Waals surface area contributed by atoms with Gasteiger partial charge in [-0.1, -0.05) is 39.0 Å². The van der Waals surface area contributed by atoms with E-state index in [-0.39, 0.29) is 17.4 Å². The molecule has 0 N–H and O–H groups in total. The van der Waals surface area contributed by atoms with E-state index in [2.05, 4.69) is 46.0 Å². The summed E-state index contributed by atoms with van der Waals surface area (Å²) in [5, 5.41) is 2.21. The fourth-order valence-electron chi connectivity index (χ4n) is 2.94. The van der Waals surface area contributed by atoms with Crippen LogP contribution in [0.3, 0.4) is 0 Å². The standard InChI is InChI=1S/C22H32O4Si/c1-21(2,3)27(7,8)26-22(4,15-20(23)25-6)18-11-9-17-14-19(24-5)12-10-16(17)13-18/h9-14H,15H2,1-8H3/t22-/m0/s1. The Balaban J connectivity index is 2.52. The van der Waals surface area contributed by atoms with E-state index in [0.717, 1.165) is 22.1 Å². The average molecular weight is 389 g/mol. The number of hydrogen-bond acceptors (Lipinski definition) is 4. The van der Waals surface area contributed by atoms with E-state index in [1.807, 2.05) is 31.2 Å². The van der Waals surface area contributed by atoms with Gasteiger partial charge in [0.2, 0.25) is 0 Å². The van der Waals surface area contributed by atoms with Crippen molar-refractivity contribution in [3.8, 4) is 5.75 Å². The van der Waals surface area contributed by atoms with Crippen LogP contribution in [-0.2, 0) is 19.6 Å². The van der Waals surface area contributed by atoms with E-state index in [0.29, 0.717) is 0 Å². The summed E-state index contributed by atoms with van der Waals surface area (Å²) in [7, 11) is 0.968. The Hall–Kier alpha value is -1.85. The molecule has 0 aromatic heterocycles. The van der Waals surface area contributed by atoms with Gasteiger partial charge in [-0.25, -0.2) is 0 Å². The molecule has 0 radical (unpaired) electrons. The normalized spacial score (nSPS) is 14.7. The van der Waals surface area contributed by atoms with Crippen molar-refractivity contribution < 1.29 is 18.7 Å². The number of hydrogen-bond donors (Lipinski definition) is 0. The Morgan fingerprint density at radius 1 is 0.963 bits per heavy atom. The molecule has 5 heteroatoms. The molecule has 0 unspecified atom stereocenters. The molecule has 0 bridgehead atoms. The minimum absolute atomic E-state index is 0.0363. The largest absolute Gasteiger partial charge is 0.497 e. The van der Waals surface area contributed by atoms with Gasteiger partial charge in [-0.15, -0.1) is 0 Å². The molecule has 4 nitrogen and oxygen atoms in total. The third kappa shape index (κ3) is 4.71. The van der Waals surface area contributed by atoms with Crippen molar-refractivity contribution >= 4 is 25.1 Å². The molecule has 0 heterocycles. The van der Waals surface area contributed by atoms with E-state index in [9.17, 15) is 4.79 Å². The highest BCUT2D eigenvalue weighted by Crippen LogP contribution is 2.43. The molecule has 2 aromatic carbocycles. The first-order valence-electron chi connectivity index (χ1n) is 9.27. The van der Waals surface area contributed by atoms with Crippen molar-refractivity contribution in [3.05, 3.63) is 42.0 Å². The summed E-state index contributed by atoms with van der Waals surface area (Å²) >= 11 is 0. The predicted molar refractivity (Wildman–Crippen MR) is 113 cm³/mol. The number of esters is 1. The van der Waals surface area contributed by atoms with Crippen LogP contribution in [0.2, 0.25) is 18.1 Å². The van der Waals surface area contributed by atoms with Gasteiger partial charge < -0.3 is 13.9 Å². The summed E-state index contributed by atoms with van der Waals surface area (Å²) in [5.41, 5.74) is 0.236. The molecule has 0 amide bonds. The van der Waals surface area contributed by atoms with E-state index in [1.165, 1.54) is 7.11 Å². The molecule has 0 saturated heterocycles. The lowest BCUT2D eigenvalue weighted by molar-refractivity contribution is -0.145. The smallest absolute Gasteiger partial charge is 0.308 e. The molecule has 2 aromatic rings. The Kier molecular flexibility index (Phi) is 6.07. The lowest BCUT2D eigenvalue weighted by Gasteiger charge is -2.44. The van der Waals surface area contributed by atoms with Gasteiger partial charge in [0, 0.05) is 0 Å². The number of carbonyl (C=O) groups is 1. The number of fused-ring (bicyclic) bond motifs is 1. The minimum atomic E-state index is -2.11. The molecule has 1 atom stereocenters. The monoisotopic (exact) mass is 388 g/mol. The van der Waals surface area contributed by atoms with Gasteiger partial charge in [-0.2, -0.15) is 0 Å². The van der Waals surface area contributed by atoms with Gasteiger partial charge in [-0.05, 0) is 59.6 Å². The zero-order valence-corrected chi connectivity index (χ0v) is 18.8. The van der Waals surface area contributed by atoms with Crippen molar-refractivity contribution in [3.63, 3.8) is 0 Å². The molecular formula is C22H32O4Si. The zero-order chi connectivity index (χ0) is 20.5. The van der Waals surface area contributed by atoms with Gasteiger partial charge in [0.1, 0.15) is 5.75 Å². The van der Waals surface area contributed by atoms with Crippen LogP contribution in [0.5, 0.6) is 5.75 Å². The molecule has 0 aliphatic rings. The first-order valence-corrected chi connectivity index (χ1v) is 12.2. The van der Waals surface area contributed by atoms with Crippen molar-refractivity contribution in [2.45, 2.75) is 57.8 Å². The van der Waals surface area contributed by atoms with Crippen LogP contribution in [0.15, 0.2) is 36.4 Å². The lowest BCUT2D eigenvalue weighted by atomic mass is 9.91. The maximum absolute atomic E-state index is 12.2. The number of ether oxygens (including phenoxy) is 2. The third-order valence-electron chi connectivity index (χ3n) is 5.65. The minimum Gasteiger partial charge on any atom is -0.497 e. The van der Waals surface area contributed by atoms with Crippen LogP contribution in [-0.4, -0.2) is 28.5 Å². The van der Waals surface area contributed by atoms with E-state index in [4.69, 9.17) is 13.9 Å². The van der Waals surface area contributed by atoms with Gasteiger partial charge in [0.05, 0.1) is 26.2 Å². The van der Waals surface area contributed by atoms with Crippen LogP contribution in [0.4, 0.5) is 0 Å². The summed E-state index contributed by atoms with van der Waals surface area (Å²) in [4.78, 5) is 12.2.